The van der Waals surface area contributed by atoms with Crippen LogP contribution in [-0.4, -0.2) is 36.5 Å². The van der Waals surface area contributed by atoms with Crippen molar-refractivity contribution in [3.8, 4) is 10.4 Å². The van der Waals surface area contributed by atoms with E-state index >= 15 is 0 Å². The average Bonchev–Trinajstić information content (AvgIpc) is 2.97. The van der Waals surface area contributed by atoms with Crippen LogP contribution >= 0.6 is 11.3 Å². The number of nitrogens with one attached hydrogen (secondary N) is 1. The summed E-state index contributed by atoms with van der Waals surface area (Å²) in [6, 6.07) is 12.4. The molecular formula is C17H23NO4S2. The highest BCUT2D eigenvalue weighted by Gasteiger charge is 2.28. The molecule has 0 spiro atoms. The zero-order valence-electron chi connectivity index (χ0n) is 13.8. The maximum absolute atomic E-state index is 11.7. The Hall–Kier alpha value is -1.25. The first-order valence-corrected chi connectivity index (χ1v) is 10.5. The van der Waals surface area contributed by atoms with E-state index in [0.29, 0.717) is 12.8 Å². The fourth-order valence-corrected chi connectivity index (χ4v) is 4.62. The Bertz CT molecular complexity index is 753. The van der Waals surface area contributed by atoms with Gasteiger partial charge in [0.1, 0.15) is 11.5 Å². The first kappa shape index (κ1) is 19.1. The minimum atomic E-state index is -3.44. The third-order valence-corrected chi connectivity index (χ3v) is 6.61. The molecule has 24 heavy (non-hydrogen) atoms. The maximum atomic E-state index is 11.7. The van der Waals surface area contributed by atoms with Crippen LogP contribution < -0.4 is 5.48 Å². The summed E-state index contributed by atoms with van der Waals surface area (Å²) >= 11 is 1.75. The van der Waals surface area contributed by atoms with Crippen LogP contribution in [-0.2, 0) is 16.3 Å². The number of hydrogen-bond donors (Lipinski definition) is 3. The Morgan fingerprint density at radius 3 is 2.33 bits per heavy atom. The number of aliphatic hydroxyl groups is 1. The average molecular weight is 370 g/mol. The highest BCUT2D eigenvalue weighted by Crippen LogP contribution is 2.28. The second-order valence-corrected chi connectivity index (χ2v) is 9.49. The smallest absolute Gasteiger partial charge is 0.154 e. The van der Waals surface area contributed by atoms with E-state index in [2.05, 4.69) is 31.2 Å². The molecule has 0 amide bonds. The fraction of sp³-hybridized carbons (Fsp3) is 0.412. The molecule has 1 heterocycles. The molecule has 0 radical (unpaired) electrons. The molecule has 0 saturated heterocycles. The van der Waals surface area contributed by atoms with E-state index in [1.165, 1.54) is 15.3 Å². The van der Waals surface area contributed by atoms with E-state index in [4.69, 9.17) is 5.21 Å². The SMILES string of the molecule is Cc1ccc(-c2ccc(CCCC(C(O)NO)S(C)(=O)=O)cc2)s1. The highest BCUT2D eigenvalue weighted by molar-refractivity contribution is 7.91. The third kappa shape index (κ3) is 5.12. The van der Waals surface area contributed by atoms with Gasteiger partial charge in [0, 0.05) is 16.0 Å². The molecule has 132 valence electrons. The number of thiophene rings is 1. The Morgan fingerprint density at radius 1 is 1.17 bits per heavy atom. The van der Waals surface area contributed by atoms with E-state index in [1.807, 2.05) is 12.1 Å². The van der Waals surface area contributed by atoms with Crippen molar-refractivity contribution in [2.24, 2.45) is 0 Å². The van der Waals surface area contributed by atoms with Crippen molar-refractivity contribution in [2.45, 2.75) is 37.7 Å². The maximum Gasteiger partial charge on any atom is 0.154 e. The molecule has 2 aromatic rings. The van der Waals surface area contributed by atoms with Gasteiger partial charge in [-0.05, 0) is 49.4 Å². The zero-order valence-corrected chi connectivity index (χ0v) is 15.4. The predicted molar refractivity (Wildman–Crippen MR) is 97.0 cm³/mol. The lowest BCUT2D eigenvalue weighted by atomic mass is 10.0. The van der Waals surface area contributed by atoms with Crippen LogP contribution in [0.2, 0.25) is 0 Å². The van der Waals surface area contributed by atoms with Crippen LogP contribution in [0.3, 0.4) is 0 Å². The van der Waals surface area contributed by atoms with Gasteiger partial charge in [0.25, 0.3) is 0 Å². The first-order chi connectivity index (χ1) is 11.3. The van der Waals surface area contributed by atoms with Crippen LogP contribution in [0.4, 0.5) is 0 Å². The number of benzene rings is 1. The molecular weight excluding hydrogens is 346 g/mol. The zero-order chi connectivity index (χ0) is 17.7. The second kappa shape index (κ2) is 8.22. The van der Waals surface area contributed by atoms with Gasteiger partial charge in [-0.15, -0.1) is 11.3 Å². The molecule has 7 heteroatoms. The summed E-state index contributed by atoms with van der Waals surface area (Å²) in [5, 5.41) is 17.3. The lowest BCUT2D eigenvalue weighted by Crippen LogP contribution is -2.42. The molecule has 0 aliphatic rings. The molecule has 1 aromatic carbocycles. The summed E-state index contributed by atoms with van der Waals surface area (Å²) in [5.41, 5.74) is 3.91. The van der Waals surface area contributed by atoms with Gasteiger partial charge >= 0.3 is 0 Å². The molecule has 0 bridgehead atoms. The molecule has 0 fully saturated rings. The van der Waals surface area contributed by atoms with Crippen LogP contribution in [0.5, 0.6) is 0 Å². The molecule has 0 saturated carbocycles. The van der Waals surface area contributed by atoms with Gasteiger partial charge in [-0.25, -0.2) is 8.42 Å². The summed E-state index contributed by atoms with van der Waals surface area (Å²) in [6.45, 7) is 2.08. The van der Waals surface area contributed by atoms with E-state index in [0.717, 1.165) is 11.8 Å². The van der Waals surface area contributed by atoms with Gasteiger partial charge < -0.3 is 10.3 Å². The van der Waals surface area contributed by atoms with Crippen molar-refractivity contribution < 1.29 is 18.7 Å². The normalized spacial score (nSPS) is 14.5. The number of rotatable bonds is 8. The largest absolute Gasteiger partial charge is 0.375 e. The van der Waals surface area contributed by atoms with Gasteiger partial charge in [0.2, 0.25) is 0 Å². The number of hydrogen-bond acceptors (Lipinski definition) is 6. The monoisotopic (exact) mass is 369 g/mol. The Balaban J connectivity index is 1.94. The Morgan fingerprint density at radius 2 is 1.83 bits per heavy atom. The molecule has 3 N–H and O–H groups in total. The van der Waals surface area contributed by atoms with Gasteiger partial charge in [-0.2, -0.15) is 5.48 Å². The minimum Gasteiger partial charge on any atom is -0.375 e. The predicted octanol–water partition coefficient (Wildman–Crippen LogP) is 2.76. The number of hydroxylamine groups is 1. The summed E-state index contributed by atoms with van der Waals surface area (Å²) in [6.07, 6.45) is 1.20. The number of aliphatic hydroxyl groups excluding tert-OH is 1. The van der Waals surface area contributed by atoms with Crippen LogP contribution in [0.25, 0.3) is 10.4 Å². The van der Waals surface area contributed by atoms with Gasteiger partial charge in [0.15, 0.2) is 9.84 Å². The van der Waals surface area contributed by atoms with Crippen molar-refractivity contribution >= 4 is 21.2 Å². The molecule has 5 nitrogen and oxygen atoms in total. The molecule has 1 aromatic heterocycles. The summed E-state index contributed by atoms with van der Waals surface area (Å²) in [4.78, 5) is 2.50. The fourth-order valence-electron chi connectivity index (χ4n) is 2.62. The molecule has 2 rings (SSSR count). The topological polar surface area (TPSA) is 86.6 Å². The van der Waals surface area contributed by atoms with Crippen molar-refractivity contribution in [3.63, 3.8) is 0 Å². The molecule has 0 aliphatic heterocycles. The second-order valence-electron chi connectivity index (χ2n) is 5.94. The quantitative estimate of drug-likeness (QED) is 0.492. The van der Waals surface area contributed by atoms with Crippen LogP contribution in [0.1, 0.15) is 23.3 Å². The summed E-state index contributed by atoms with van der Waals surface area (Å²) in [7, 11) is -3.44. The third-order valence-electron chi connectivity index (χ3n) is 3.97. The standard InChI is InChI=1S/C17H23NO4S2/c1-12-6-11-15(23-12)14-9-7-13(8-10-14)4-3-5-16(17(19)18-20)24(2,21)22/h6-11,16-20H,3-5H2,1-2H3. The van der Waals surface area contributed by atoms with E-state index in [9.17, 15) is 13.5 Å². The van der Waals surface area contributed by atoms with E-state index in [1.54, 1.807) is 16.8 Å². The lowest BCUT2D eigenvalue weighted by Gasteiger charge is -2.19. The van der Waals surface area contributed by atoms with E-state index in [-0.39, 0.29) is 6.42 Å². The molecule has 2 atom stereocenters. The van der Waals surface area contributed by atoms with Crippen molar-refractivity contribution in [2.75, 3.05) is 6.26 Å². The van der Waals surface area contributed by atoms with Crippen LogP contribution in [0, 0.1) is 6.92 Å². The molecule has 0 aliphatic carbocycles. The van der Waals surface area contributed by atoms with E-state index < -0.39 is 21.3 Å². The highest BCUT2D eigenvalue weighted by atomic mass is 32.2. The lowest BCUT2D eigenvalue weighted by molar-refractivity contribution is -0.00145. The van der Waals surface area contributed by atoms with Crippen molar-refractivity contribution in [1.82, 2.24) is 5.48 Å². The summed E-state index contributed by atoms with van der Waals surface area (Å²) in [5.74, 6) is 0. The molecule has 2 unspecified atom stereocenters. The number of sulfone groups is 1. The summed E-state index contributed by atoms with van der Waals surface area (Å²) < 4.78 is 23.3. The van der Waals surface area contributed by atoms with Crippen molar-refractivity contribution in [1.29, 1.82) is 0 Å². The first-order valence-electron chi connectivity index (χ1n) is 7.73. The van der Waals surface area contributed by atoms with Gasteiger partial charge in [0.05, 0.1) is 0 Å². The Labute approximate surface area is 146 Å². The number of aryl methyl sites for hydroxylation is 2. The van der Waals surface area contributed by atoms with Gasteiger partial charge in [-0.1, -0.05) is 24.3 Å². The minimum absolute atomic E-state index is 0.277. The Kier molecular flexibility index (Phi) is 6.54. The van der Waals surface area contributed by atoms with Gasteiger partial charge in [-0.3, -0.25) is 0 Å². The van der Waals surface area contributed by atoms with Crippen molar-refractivity contribution in [3.05, 3.63) is 46.8 Å². The van der Waals surface area contributed by atoms with Crippen LogP contribution in [0.15, 0.2) is 36.4 Å².